The second-order valence-electron chi connectivity index (χ2n) is 4.88. The van der Waals surface area contributed by atoms with E-state index in [0.717, 1.165) is 12.7 Å². The molecule has 1 amide bonds. The number of benzene rings is 2. The van der Waals surface area contributed by atoms with E-state index in [9.17, 15) is 19.8 Å². The summed E-state index contributed by atoms with van der Waals surface area (Å²) in [5, 5.41) is 22.4. The van der Waals surface area contributed by atoms with Crippen LogP contribution in [0.1, 0.15) is 26.3 Å². The molecule has 0 aromatic heterocycles. The number of amides is 1. The molecule has 7 nitrogen and oxygen atoms in total. The summed E-state index contributed by atoms with van der Waals surface area (Å²) in [6.45, 7) is 0.203. The quantitative estimate of drug-likeness (QED) is 0.570. The van der Waals surface area contributed by atoms with Gasteiger partial charge in [0.1, 0.15) is 11.3 Å². The Morgan fingerprint density at radius 1 is 1.04 bits per heavy atom. The molecule has 0 heterocycles. The summed E-state index contributed by atoms with van der Waals surface area (Å²) in [6, 6.07) is 9.58. The number of ether oxygens (including phenoxy) is 2. The van der Waals surface area contributed by atoms with Gasteiger partial charge in [-0.1, -0.05) is 12.1 Å². The van der Waals surface area contributed by atoms with Crippen LogP contribution in [-0.2, 0) is 11.3 Å². The molecule has 0 spiro atoms. The van der Waals surface area contributed by atoms with Crippen molar-refractivity contribution in [1.82, 2.24) is 5.32 Å². The SMILES string of the molecule is COC(=O)c1ccc(C(=O)NCc2cccc(OC)c2)c(O)c1O. The third-order valence-corrected chi connectivity index (χ3v) is 3.39. The second-order valence-corrected chi connectivity index (χ2v) is 4.88. The van der Waals surface area contributed by atoms with Gasteiger partial charge in [0.15, 0.2) is 11.5 Å². The first kappa shape index (κ1) is 17.1. The standard InChI is InChI=1S/C17H17NO6/c1-23-11-5-3-4-10(8-11)9-18-16(21)12-6-7-13(17(22)24-2)15(20)14(12)19/h3-8,19-20H,9H2,1-2H3,(H,18,21). The van der Waals surface area contributed by atoms with Crippen LogP contribution in [0.3, 0.4) is 0 Å². The molecule has 0 saturated heterocycles. The van der Waals surface area contributed by atoms with Gasteiger partial charge in [-0.2, -0.15) is 0 Å². The molecule has 2 aromatic carbocycles. The van der Waals surface area contributed by atoms with Crippen LogP contribution in [0.2, 0.25) is 0 Å². The molecule has 0 saturated carbocycles. The predicted molar refractivity (Wildman–Crippen MR) is 85.3 cm³/mol. The van der Waals surface area contributed by atoms with Gasteiger partial charge in [0.05, 0.1) is 19.8 Å². The summed E-state index contributed by atoms with van der Waals surface area (Å²) in [5.74, 6) is -2.13. The molecule has 0 bridgehead atoms. The summed E-state index contributed by atoms with van der Waals surface area (Å²) < 4.78 is 9.57. The molecule has 24 heavy (non-hydrogen) atoms. The number of aromatic hydroxyl groups is 2. The fourth-order valence-corrected chi connectivity index (χ4v) is 2.10. The monoisotopic (exact) mass is 331 g/mol. The van der Waals surface area contributed by atoms with Crippen molar-refractivity contribution in [3.63, 3.8) is 0 Å². The van der Waals surface area contributed by atoms with Crippen molar-refractivity contribution < 1.29 is 29.3 Å². The van der Waals surface area contributed by atoms with E-state index in [1.165, 1.54) is 12.1 Å². The molecule has 0 aliphatic rings. The molecule has 2 aromatic rings. The van der Waals surface area contributed by atoms with E-state index in [1.54, 1.807) is 31.4 Å². The third kappa shape index (κ3) is 3.57. The maximum atomic E-state index is 12.2. The summed E-state index contributed by atoms with van der Waals surface area (Å²) in [5.41, 5.74) is 0.431. The van der Waals surface area contributed by atoms with Crippen molar-refractivity contribution in [2.45, 2.75) is 6.54 Å². The number of phenolic OH excluding ortho intramolecular Hbond substituents is 2. The van der Waals surface area contributed by atoms with Crippen LogP contribution >= 0.6 is 0 Å². The Morgan fingerprint density at radius 2 is 1.71 bits per heavy atom. The zero-order valence-electron chi connectivity index (χ0n) is 13.2. The average Bonchev–Trinajstić information content (AvgIpc) is 2.61. The zero-order chi connectivity index (χ0) is 17.7. The van der Waals surface area contributed by atoms with Crippen LogP contribution in [0, 0.1) is 0 Å². The summed E-state index contributed by atoms with van der Waals surface area (Å²) in [4.78, 5) is 23.6. The van der Waals surface area contributed by atoms with Crippen LogP contribution < -0.4 is 10.1 Å². The topological polar surface area (TPSA) is 105 Å². The van der Waals surface area contributed by atoms with Crippen molar-refractivity contribution in [2.75, 3.05) is 14.2 Å². The van der Waals surface area contributed by atoms with Gasteiger partial charge in [0.2, 0.25) is 0 Å². The Bertz CT molecular complexity index is 772. The van der Waals surface area contributed by atoms with Crippen LogP contribution in [0.5, 0.6) is 17.2 Å². The molecule has 0 radical (unpaired) electrons. The lowest BCUT2D eigenvalue weighted by Gasteiger charge is -2.10. The minimum absolute atomic E-state index is 0.150. The second kappa shape index (κ2) is 7.36. The number of rotatable bonds is 5. The number of carbonyl (C=O) groups is 2. The molecule has 0 unspecified atom stereocenters. The van der Waals surface area contributed by atoms with E-state index in [1.807, 2.05) is 0 Å². The first-order valence-corrected chi connectivity index (χ1v) is 7.02. The minimum atomic E-state index is -0.814. The van der Waals surface area contributed by atoms with Crippen molar-refractivity contribution in [1.29, 1.82) is 0 Å². The van der Waals surface area contributed by atoms with E-state index >= 15 is 0 Å². The Kier molecular flexibility index (Phi) is 5.26. The average molecular weight is 331 g/mol. The van der Waals surface area contributed by atoms with Gasteiger partial charge in [-0.25, -0.2) is 4.79 Å². The highest BCUT2D eigenvalue weighted by molar-refractivity contribution is 6.01. The van der Waals surface area contributed by atoms with E-state index in [2.05, 4.69) is 10.1 Å². The molecule has 126 valence electrons. The summed E-state index contributed by atoms with van der Waals surface area (Å²) in [7, 11) is 2.69. The van der Waals surface area contributed by atoms with E-state index in [4.69, 9.17) is 4.74 Å². The van der Waals surface area contributed by atoms with Crippen molar-refractivity contribution in [3.05, 3.63) is 53.1 Å². The first-order chi connectivity index (χ1) is 11.5. The Balaban J connectivity index is 2.15. The lowest BCUT2D eigenvalue weighted by Crippen LogP contribution is -2.23. The zero-order valence-corrected chi connectivity index (χ0v) is 13.2. The number of nitrogens with one attached hydrogen (secondary N) is 1. The predicted octanol–water partition coefficient (Wildman–Crippen LogP) is 1.82. The normalized spacial score (nSPS) is 10.1. The van der Waals surface area contributed by atoms with Crippen LogP contribution in [0.15, 0.2) is 36.4 Å². The van der Waals surface area contributed by atoms with Crippen molar-refractivity contribution in [2.24, 2.45) is 0 Å². The maximum absolute atomic E-state index is 12.2. The third-order valence-electron chi connectivity index (χ3n) is 3.39. The van der Waals surface area contributed by atoms with Gasteiger partial charge in [-0.05, 0) is 29.8 Å². The highest BCUT2D eigenvalue weighted by Crippen LogP contribution is 2.33. The summed E-state index contributed by atoms with van der Waals surface area (Å²) >= 11 is 0. The highest BCUT2D eigenvalue weighted by atomic mass is 16.5. The number of methoxy groups -OCH3 is 2. The molecule has 0 aliphatic heterocycles. The lowest BCUT2D eigenvalue weighted by molar-refractivity contribution is 0.0596. The Hall–Kier alpha value is -3.22. The smallest absolute Gasteiger partial charge is 0.341 e. The van der Waals surface area contributed by atoms with Gasteiger partial charge >= 0.3 is 5.97 Å². The van der Waals surface area contributed by atoms with E-state index in [-0.39, 0.29) is 17.7 Å². The molecule has 3 N–H and O–H groups in total. The highest BCUT2D eigenvalue weighted by Gasteiger charge is 2.21. The number of carbonyl (C=O) groups excluding carboxylic acids is 2. The van der Waals surface area contributed by atoms with Gasteiger partial charge < -0.3 is 25.0 Å². The Labute approximate surface area is 138 Å². The molecule has 0 aliphatic carbocycles. The summed E-state index contributed by atoms with van der Waals surface area (Å²) in [6.07, 6.45) is 0. The van der Waals surface area contributed by atoms with Crippen LogP contribution in [-0.4, -0.2) is 36.3 Å². The largest absolute Gasteiger partial charge is 0.504 e. The van der Waals surface area contributed by atoms with Gasteiger partial charge in [-0.15, -0.1) is 0 Å². The van der Waals surface area contributed by atoms with Gasteiger partial charge in [0, 0.05) is 6.54 Å². The number of hydrogen-bond donors (Lipinski definition) is 3. The maximum Gasteiger partial charge on any atom is 0.341 e. The Morgan fingerprint density at radius 3 is 2.38 bits per heavy atom. The fourth-order valence-electron chi connectivity index (χ4n) is 2.10. The fraction of sp³-hybridized carbons (Fsp3) is 0.176. The number of esters is 1. The molecule has 2 rings (SSSR count). The van der Waals surface area contributed by atoms with Gasteiger partial charge in [-0.3, -0.25) is 4.79 Å². The molecule has 0 atom stereocenters. The molecule has 7 heteroatoms. The van der Waals surface area contributed by atoms with Crippen LogP contribution in [0.4, 0.5) is 0 Å². The molecular formula is C17H17NO6. The lowest BCUT2D eigenvalue weighted by atomic mass is 10.1. The van der Waals surface area contributed by atoms with E-state index in [0.29, 0.717) is 5.75 Å². The van der Waals surface area contributed by atoms with Crippen molar-refractivity contribution >= 4 is 11.9 Å². The van der Waals surface area contributed by atoms with Crippen LogP contribution in [0.25, 0.3) is 0 Å². The minimum Gasteiger partial charge on any atom is -0.504 e. The molecule has 0 fully saturated rings. The van der Waals surface area contributed by atoms with E-state index < -0.39 is 23.4 Å². The first-order valence-electron chi connectivity index (χ1n) is 7.02. The number of hydrogen-bond acceptors (Lipinski definition) is 6. The molecular weight excluding hydrogens is 314 g/mol. The van der Waals surface area contributed by atoms with Crippen molar-refractivity contribution in [3.8, 4) is 17.2 Å². The van der Waals surface area contributed by atoms with Gasteiger partial charge in [0.25, 0.3) is 5.91 Å². The number of phenols is 2.